The third-order valence-corrected chi connectivity index (χ3v) is 9.84. The molecule has 4 aromatic heterocycles. The Bertz CT molecular complexity index is 3140. The van der Waals surface area contributed by atoms with Gasteiger partial charge >= 0.3 is 0 Å². The van der Waals surface area contributed by atoms with E-state index in [-0.39, 0.29) is 86.0 Å². The molecule has 2 aromatic carbocycles. The maximum atomic E-state index is 14.0. The highest BCUT2D eigenvalue weighted by molar-refractivity contribution is 9.10. The van der Waals surface area contributed by atoms with Gasteiger partial charge in [-0.25, -0.2) is 18.7 Å². The van der Waals surface area contributed by atoms with Gasteiger partial charge in [-0.2, -0.15) is 29.1 Å². The van der Waals surface area contributed by atoms with Crippen molar-refractivity contribution >= 4 is 65.4 Å². The SMILES string of the molecule is F.Nc1ncc(Br)cc1O.[2H]C([2H])([2H])n1nc(CNC(=O)c2ccc(F)cc2[C@@H](C)Oc2cc(Br)cnc2N)cc1C#N.[2H]C([2H])([2H])n1nc(CNC(=O)c2ccc(F)cc2[C@H](C)OS(C)(=O)=O)cc1C#N. The molecule has 2 amide bonds. The number of pyridine rings is 2. The number of ether oxygens (including phenoxy) is 1. The Hall–Kier alpha value is -7.06. The summed E-state index contributed by atoms with van der Waals surface area (Å²) in [6.07, 6.45) is 1.96. The van der Waals surface area contributed by atoms with Crippen LogP contribution in [0.15, 0.2) is 82.0 Å². The number of nitrogens with one attached hydrogen (secondary N) is 2. The van der Waals surface area contributed by atoms with Gasteiger partial charge in [-0.1, -0.05) is 0 Å². The van der Waals surface area contributed by atoms with Gasteiger partial charge in [-0.15, -0.1) is 0 Å². The van der Waals surface area contributed by atoms with E-state index < -0.39 is 59.7 Å². The van der Waals surface area contributed by atoms with Crippen LogP contribution in [0.5, 0.6) is 11.5 Å². The first kappa shape index (κ1) is 44.2. The molecule has 6 aromatic rings. The van der Waals surface area contributed by atoms with Crippen molar-refractivity contribution < 1.29 is 53.7 Å². The number of aromatic nitrogens is 6. The van der Waals surface area contributed by atoms with Gasteiger partial charge in [0.2, 0.25) is 0 Å². The standard InChI is InChI=1S/C20H18BrFN6O2.C16H17FN4O4S.C5H5BrN2O.FH/c1-11(30-18-5-12(21)9-25-19(18)24)17-6-13(22)3-4-16(17)20(29)26-10-14-7-15(8-23)28(2)27-14;1-10(25-26(3,23)24)15-6-11(17)4-5-14(15)16(22)19-9-12-7-13(8-18)21(2)20-12;6-3-1-4(9)5(7)8-2-3;/h3-7,9,11H,10H2,1-2H3,(H2,24,25)(H,26,29);4-7,10H,9H2,1-3H3,(H,19,22);1-2,9H,(H2,7,8);1H/t11-;10-;;/m10../s1/i2*2D3;;. The lowest BCUT2D eigenvalue weighted by atomic mass is 10.0. The van der Waals surface area contributed by atoms with E-state index in [4.69, 9.17) is 44.2 Å². The topological polar surface area (TPSA) is 292 Å². The van der Waals surface area contributed by atoms with Crippen LogP contribution in [-0.4, -0.2) is 61.1 Å². The number of hydrogen-bond acceptors (Lipinski definition) is 15. The Morgan fingerprint density at radius 2 is 1.27 bits per heavy atom. The molecular formula is C41H41Br2F3N12O7S. The molecule has 0 bridgehead atoms. The maximum absolute atomic E-state index is 14.0. The van der Waals surface area contributed by atoms with Crippen LogP contribution in [-0.2, 0) is 41.3 Å². The number of nitriles is 2. The Labute approximate surface area is 401 Å². The molecule has 19 nitrogen and oxygen atoms in total. The van der Waals surface area contributed by atoms with E-state index in [0.717, 1.165) is 24.5 Å². The molecule has 66 heavy (non-hydrogen) atoms. The normalized spacial score (nSPS) is 13.2. The van der Waals surface area contributed by atoms with E-state index in [1.54, 1.807) is 25.1 Å². The quantitative estimate of drug-likeness (QED) is 0.0889. The van der Waals surface area contributed by atoms with Gasteiger partial charge in [-0.05, 0) is 112 Å². The summed E-state index contributed by atoms with van der Waals surface area (Å²) in [6.45, 7) is -2.67. The highest BCUT2D eigenvalue weighted by Gasteiger charge is 2.22. The van der Waals surface area contributed by atoms with Crippen LogP contribution in [0.2, 0.25) is 0 Å². The van der Waals surface area contributed by atoms with Gasteiger partial charge < -0.3 is 31.9 Å². The van der Waals surface area contributed by atoms with Crippen molar-refractivity contribution in [2.24, 2.45) is 14.0 Å². The predicted molar refractivity (Wildman–Crippen MR) is 241 cm³/mol. The minimum absolute atomic E-state index is 0. The zero-order valence-electron chi connectivity index (χ0n) is 40.5. The lowest BCUT2D eigenvalue weighted by Crippen LogP contribution is -2.25. The number of carbonyl (C=O) groups excluding carboxylic acids is 2. The number of rotatable bonds is 12. The Morgan fingerprint density at radius 1 is 0.818 bits per heavy atom. The molecule has 0 aliphatic rings. The van der Waals surface area contributed by atoms with Crippen LogP contribution in [0.4, 0.5) is 25.1 Å². The number of nitrogens with two attached hydrogens (primary N) is 2. The summed E-state index contributed by atoms with van der Waals surface area (Å²) in [6, 6.07) is 15.9. The number of anilines is 2. The number of amides is 2. The van der Waals surface area contributed by atoms with E-state index >= 15 is 0 Å². The second-order valence-corrected chi connectivity index (χ2v) is 16.6. The number of nitrogens with zero attached hydrogens (tertiary/aromatic N) is 8. The first-order chi connectivity index (χ1) is 33.0. The molecule has 6 rings (SSSR count). The van der Waals surface area contributed by atoms with E-state index in [1.807, 2.05) is 0 Å². The molecule has 0 saturated heterocycles. The lowest BCUT2D eigenvalue weighted by Gasteiger charge is -2.19. The minimum atomic E-state index is -3.85. The van der Waals surface area contributed by atoms with Gasteiger partial charge in [0, 0.05) is 60.2 Å². The number of halogens is 5. The van der Waals surface area contributed by atoms with Crippen molar-refractivity contribution in [2.45, 2.75) is 39.1 Å². The average molecular weight is 1070 g/mol. The summed E-state index contributed by atoms with van der Waals surface area (Å²) in [4.78, 5) is 33.0. The third-order valence-electron chi connectivity index (χ3n) is 8.34. The molecule has 0 spiro atoms. The smallest absolute Gasteiger partial charge is 0.264 e. The molecule has 348 valence electrons. The van der Waals surface area contributed by atoms with Crippen molar-refractivity contribution in [3.8, 4) is 23.6 Å². The van der Waals surface area contributed by atoms with Crippen LogP contribution >= 0.6 is 31.9 Å². The fourth-order valence-electron chi connectivity index (χ4n) is 5.41. The van der Waals surface area contributed by atoms with Gasteiger partial charge in [0.25, 0.3) is 21.9 Å². The van der Waals surface area contributed by atoms with Crippen LogP contribution in [0.1, 0.15) is 88.9 Å². The van der Waals surface area contributed by atoms with Crippen LogP contribution in [0, 0.1) is 34.3 Å². The molecule has 0 radical (unpaired) electrons. The summed E-state index contributed by atoms with van der Waals surface area (Å²) < 4.78 is 108. The van der Waals surface area contributed by atoms with E-state index in [2.05, 4.69) is 62.7 Å². The van der Waals surface area contributed by atoms with Crippen LogP contribution < -0.4 is 26.8 Å². The highest BCUT2D eigenvalue weighted by atomic mass is 79.9. The molecule has 0 fully saturated rings. The fraction of sp³-hybridized carbons (Fsp3) is 0.220. The first-order valence-electron chi connectivity index (χ1n) is 21.2. The summed E-state index contributed by atoms with van der Waals surface area (Å²) in [5, 5.41) is 39.8. The molecule has 0 aliphatic heterocycles. The number of carbonyl (C=O) groups is 2. The van der Waals surface area contributed by atoms with Crippen molar-refractivity contribution in [3.05, 3.63) is 139 Å². The molecule has 4 heterocycles. The van der Waals surface area contributed by atoms with Gasteiger partial charge in [-0.3, -0.25) is 27.8 Å². The Balaban J connectivity index is 0.000000322. The number of hydrogen-bond donors (Lipinski definition) is 5. The molecule has 7 N–H and O–H groups in total. The van der Waals surface area contributed by atoms with Crippen molar-refractivity contribution in [1.29, 1.82) is 10.5 Å². The van der Waals surface area contributed by atoms with Crippen molar-refractivity contribution in [2.75, 3.05) is 17.7 Å². The average Bonchev–Trinajstić information content (AvgIpc) is 3.92. The zero-order valence-corrected chi connectivity index (χ0v) is 38.4. The summed E-state index contributed by atoms with van der Waals surface area (Å²) in [7, 11) is -3.85. The summed E-state index contributed by atoms with van der Waals surface area (Å²) >= 11 is 6.39. The predicted octanol–water partition coefficient (Wildman–Crippen LogP) is 5.92. The van der Waals surface area contributed by atoms with Crippen molar-refractivity contribution in [3.63, 3.8) is 0 Å². The largest absolute Gasteiger partial charge is 0.504 e. The number of aromatic hydroxyl groups is 1. The fourth-order valence-corrected chi connectivity index (χ4v) is 6.67. The molecule has 0 unspecified atom stereocenters. The number of nitrogen functional groups attached to an aromatic ring is 2. The van der Waals surface area contributed by atoms with Gasteiger partial charge in [0.05, 0.1) is 30.7 Å². The Kier molecular flexibility index (Phi) is 15.9. The maximum Gasteiger partial charge on any atom is 0.264 e. The zero-order chi connectivity index (χ0) is 53.2. The van der Waals surface area contributed by atoms with E-state index in [1.165, 1.54) is 55.7 Å². The second-order valence-electron chi connectivity index (χ2n) is 13.2. The first-order valence-corrected chi connectivity index (χ1v) is 21.6. The molecule has 0 saturated carbocycles. The van der Waals surface area contributed by atoms with Crippen LogP contribution in [0.3, 0.4) is 0 Å². The van der Waals surface area contributed by atoms with Gasteiger partial charge in [0.15, 0.2) is 23.1 Å². The van der Waals surface area contributed by atoms with Crippen LogP contribution in [0.25, 0.3) is 0 Å². The number of benzene rings is 2. The minimum Gasteiger partial charge on any atom is -0.504 e. The third kappa shape index (κ3) is 15.3. The molecular weight excluding hydrogens is 1020 g/mol. The highest BCUT2D eigenvalue weighted by Crippen LogP contribution is 2.30. The summed E-state index contributed by atoms with van der Waals surface area (Å²) in [5.74, 6) is -1.96. The molecule has 2 atom stereocenters. The van der Waals surface area contributed by atoms with Crippen molar-refractivity contribution in [1.82, 2.24) is 40.2 Å². The van der Waals surface area contributed by atoms with Gasteiger partial charge in [0.1, 0.15) is 47.4 Å². The van der Waals surface area contributed by atoms with E-state index in [0.29, 0.717) is 18.3 Å². The molecule has 0 aliphatic carbocycles. The monoisotopic (exact) mass is 1070 g/mol. The lowest BCUT2D eigenvalue weighted by molar-refractivity contribution is 0.0938. The summed E-state index contributed by atoms with van der Waals surface area (Å²) in [5.41, 5.74) is 11.4. The molecule has 25 heteroatoms. The number of aryl methyl sites for hydroxylation is 2. The Morgan fingerprint density at radius 3 is 1.68 bits per heavy atom. The van der Waals surface area contributed by atoms with E-state index in [9.17, 15) is 26.8 Å². The second kappa shape index (κ2) is 23.7.